The predicted molar refractivity (Wildman–Crippen MR) is 80.4 cm³/mol. The highest BCUT2D eigenvalue weighted by Gasteiger charge is 2.20. The minimum atomic E-state index is -0.185. The van der Waals surface area contributed by atoms with Gasteiger partial charge in [0.2, 0.25) is 0 Å². The summed E-state index contributed by atoms with van der Waals surface area (Å²) in [5, 5.41) is 12.3. The molecule has 2 N–H and O–H groups in total. The van der Waals surface area contributed by atoms with Gasteiger partial charge in [-0.3, -0.25) is 4.79 Å². The van der Waals surface area contributed by atoms with Crippen LogP contribution in [0.15, 0.2) is 18.2 Å². The van der Waals surface area contributed by atoms with Gasteiger partial charge in [0.05, 0.1) is 12.7 Å². The number of ether oxygens (including phenoxy) is 1. The topological polar surface area (TPSA) is 58.6 Å². The van der Waals surface area contributed by atoms with E-state index in [1.807, 2.05) is 0 Å². The van der Waals surface area contributed by atoms with Gasteiger partial charge in [-0.05, 0) is 36.5 Å². The van der Waals surface area contributed by atoms with Crippen molar-refractivity contribution in [1.29, 1.82) is 0 Å². The summed E-state index contributed by atoms with van der Waals surface area (Å²) >= 11 is 5.87. The molecule has 20 heavy (non-hydrogen) atoms. The average Bonchev–Trinajstić information content (AvgIpc) is 2.42. The Morgan fingerprint density at radius 3 is 2.75 bits per heavy atom. The molecule has 5 heteroatoms. The lowest BCUT2D eigenvalue weighted by Gasteiger charge is -2.24. The molecule has 1 amide bonds. The molecule has 0 heterocycles. The van der Waals surface area contributed by atoms with Gasteiger partial charge in [0.15, 0.2) is 0 Å². The summed E-state index contributed by atoms with van der Waals surface area (Å²) in [6.07, 6.45) is 1.58. The summed E-state index contributed by atoms with van der Waals surface area (Å²) in [5.74, 6) is 0.277. The third kappa shape index (κ3) is 5.02. The number of aliphatic hydroxyl groups is 1. The van der Waals surface area contributed by atoms with Crippen molar-refractivity contribution >= 4 is 17.5 Å². The molecule has 0 aliphatic heterocycles. The molecule has 4 nitrogen and oxygen atoms in total. The van der Waals surface area contributed by atoms with Crippen LogP contribution in [0.3, 0.4) is 0 Å². The van der Waals surface area contributed by atoms with Crippen LogP contribution in [-0.4, -0.2) is 31.3 Å². The number of rotatable bonds is 7. The van der Waals surface area contributed by atoms with Crippen LogP contribution in [0.1, 0.15) is 37.0 Å². The number of hydrogen-bond donors (Lipinski definition) is 2. The van der Waals surface area contributed by atoms with Crippen LogP contribution in [0.25, 0.3) is 0 Å². The van der Waals surface area contributed by atoms with Gasteiger partial charge in [0.25, 0.3) is 5.91 Å². The van der Waals surface area contributed by atoms with Gasteiger partial charge in [0, 0.05) is 18.2 Å². The average molecular weight is 300 g/mol. The molecular formula is C15H22ClNO3. The van der Waals surface area contributed by atoms with Crippen LogP contribution in [0, 0.1) is 5.41 Å². The molecule has 1 rings (SSSR count). The molecule has 0 aromatic heterocycles. The smallest absolute Gasteiger partial charge is 0.255 e. The monoisotopic (exact) mass is 299 g/mol. The van der Waals surface area contributed by atoms with Gasteiger partial charge >= 0.3 is 0 Å². The van der Waals surface area contributed by atoms with Crippen molar-refractivity contribution in [2.24, 2.45) is 5.41 Å². The van der Waals surface area contributed by atoms with E-state index in [1.54, 1.807) is 18.2 Å². The molecule has 0 aliphatic rings. The number of benzene rings is 1. The Hall–Kier alpha value is -1.26. The molecule has 0 unspecified atom stereocenters. The Labute approximate surface area is 125 Å². The van der Waals surface area contributed by atoms with Crippen LogP contribution < -0.4 is 10.1 Å². The predicted octanol–water partition coefficient (Wildman–Crippen LogP) is 2.88. The number of aliphatic hydroxyl groups excluding tert-OH is 1. The third-order valence-corrected chi connectivity index (χ3v) is 3.38. The number of amides is 1. The lowest BCUT2D eigenvalue weighted by Crippen LogP contribution is -2.34. The van der Waals surface area contributed by atoms with E-state index in [4.69, 9.17) is 21.4 Å². The lowest BCUT2D eigenvalue weighted by molar-refractivity contribution is 0.0930. The second kappa shape index (κ2) is 7.50. The summed E-state index contributed by atoms with van der Waals surface area (Å²) in [6.45, 7) is 4.82. The van der Waals surface area contributed by atoms with Gasteiger partial charge in [-0.1, -0.05) is 25.4 Å². The number of carbonyl (C=O) groups excluding carboxylic acids is 1. The highest BCUT2D eigenvalue weighted by atomic mass is 35.5. The molecule has 0 fully saturated rings. The molecule has 0 spiro atoms. The standard InChI is InChI=1S/C15H22ClNO3/c1-15(2,7-4-8-18)10-17-14(19)12-6-5-11(16)9-13(12)20-3/h5-6,9,18H,4,7-8,10H2,1-3H3,(H,17,19). The summed E-state index contributed by atoms with van der Waals surface area (Å²) < 4.78 is 5.17. The van der Waals surface area contributed by atoms with Crippen molar-refractivity contribution in [1.82, 2.24) is 5.32 Å². The zero-order chi connectivity index (χ0) is 15.2. The lowest BCUT2D eigenvalue weighted by atomic mass is 9.88. The van der Waals surface area contributed by atoms with E-state index in [9.17, 15) is 4.79 Å². The Kier molecular flexibility index (Phi) is 6.30. The first kappa shape index (κ1) is 16.8. The van der Waals surface area contributed by atoms with E-state index in [2.05, 4.69) is 19.2 Å². The summed E-state index contributed by atoms with van der Waals surface area (Å²) in [7, 11) is 1.51. The van der Waals surface area contributed by atoms with Crippen molar-refractivity contribution < 1.29 is 14.6 Å². The van der Waals surface area contributed by atoms with Gasteiger partial charge in [-0.25, -0.2) is 0 Å². The Balaban J connectivity index is 2.67. The maximum Gasteiger partial charge on any atom is 0.255 e. The maximum atomic E-state index is 12.2. The molecule has 0 atom stereocenters. The fourth-order valence-corrected chi connectivity index (χ4v) is 2.08. The largest absolute Gasteiger partial charge is 0.496 e. The molecule has 112 valence electrons. The van der Waals surface area contributed by atoms with Crippen molar-refractivity contribution in [2.75, 3.05) is 20.3 Å². The Morgan fingerprint density at radius 1 is 1.45 bits per heavy atom. The SMILES string of the molecule is COc1cc(Cl)ccc1C(=O)NCC(C)(C)CCCO. The molecule has 1 aromatic carbocycles. The fraction of sp³-hybridized carbons (Fsp3) is 0.533. The normalized spacial score (nSPS) is 11.2. The summed E-state index contributed by atoms with van der Waals surface area (Å²) in [4.78, 5) is 12.2. The molecule has 0 bridgehead atoms. The van der Waals surface area contributed by atoms with Crippen LogP contribution in [0.4, 0.5) is 0 Å². The minimum absolute atomic E-state index is 0.0575. The van der Waals surface area contributed by atoms with Crippen LogP contribution in [0.5, 0.6) is 5.75 Å². The summed E-state index contributed by atoms with van der Waals surface area (Å²) in [6, 6.07) is 4.93. The Morgan fingerprint density at radius 2 is 2.15 bits per heavy atom. The van der Waals surface area contributed by atoms with E-state index < -0.39 is 0 Å². The number of halogens is 1. The number of carbonyl (C=O) groups is 1. The zero-order valence-corrected chi connectivity index (χ0v) is 13.0. The maximum absolute atomic E-state index is 12.2. The van der Waals surface area contributed by atoms with Crippen LogP contribution in [-0.2, 0) is 0 Å². The number of methoxy groups -OCH3 is 1. The minimum Gasteiger partial charge on any atom is -0.496 e. The van der Waals surface area contributed by atoms with Crippen LogP contribution >= 0.6 is 11.6 Å². The molecule has 0 saturated carbocycles. The van der Waals surface area contributed by atoms with Gasteiger partial charge in [-0.15, -0.1) is 0 Å². The second-order valence-corrected chi connectivity index (χ2v) is 5.96. The van der Waals surface area contributed by atoms with Gasteiger partial charge in [0.1, 0.15) is 5.75 Å². The highest BCUT2D eigenvalue weighted by Crippen LogP contribution is 2.24. The Bertz CT molecular complexity index is 460. The summed E-state index contributed by atoms with van der Waals surface area (Å²) in [5.41, 5.74) is 0.410. The van der Waals surface area contributed by atoms with Crippen molar-refractivity contribution in [2.45, 2.75) is 26.7 Å². The van der Waals surface area contributed by atoms with E-state index in [-0.39, 0.29) is 17.9 Å². The molecule has 0 saturated heterocycles. The molecule has 1 aromatic rings. The first-order valence-electron chi connectivity index (χ1n) is 6.62. The van der Waals surface area contributed by atoms with Gasteiger partial charge < -0.3 is 15.2 Å². The fourth-order valence-electron chi connectivity index (χ4n) is 1.91. The molecular weight excluding hydrogens is 278 g/mol. The van der Waals surface area contributed by atoms with E-state index in [0.717, 1.165) is 12.8 Å². The van der Waals surface area contributed by atoms with E-state index >= 15 is 0 Å². The first-order valence-corrected chi connectivity index (χ1v) is 7.00. The first-order chi connectivity index (χ1) is 9.39. The van der Waals surface area contributed by atoms with Gasteiger partial charge in [-0.2, -0.15) is 0 Å². The molecule has 0 aliphatic carbocycles. The van der Waals surface area contributed by atoms with Crippen molar-refractivity contribution in [3.05, 3.63) is 28.8 Å². The zero-order valence-electron chi connectivity index (χ0n) is 12.2. The second-order valence-electron chi connectivity index (χ2n) is 5.52. The highest BCUT2D eigenvalue weighted by molar-refractivity contribution is 6.30. The van der Waals surface area contributed by atoms with Crippen molar-refractivity contribution in [3.63, 3.8) is 0 Å². The van der Waals surface area contributed by atoms with E-state index in [1.165, 1.54) is 7.11 Å². The number of hydrogen-bond acceptors (Lipinski definition) is 3. The molecule has 0 radical (unpaired) electrons. The van der Waals surface area contributed by atoms with Crippen LogP contribution in [0.2, 0.25) is 5.02 Å². The quantitative estimate of drug-likeness (QED) is 0.814. The number of nitrogens with one attached hydrogen (secondary N) is 1. The van der Waals surface area contributed by atoms with E-state index in [0.29, 0.717) is 22.9 Å². The van der Waals surface area contributed by atoms with Crippen molar-refractivity contribution in [3.8, 4) is 5.75 Å². The third-order valence-electron chi connectivity index (χ3n) is 3.15.